The maximum absolute atomic E-state index is 14.1. The van der Waals surface area contributed by atoms with Crippen LogP contribution in [0.25, 0.3) is 0 Å². The number of nitrogens with zero attached hydrogens (tertiary/aromatic N) is 1. The van der Waals surface area contributed by atoms with E-state index in [1.54, 1.807) is 12.1 Å². The molecule has 1 aromatic carbocycles. The second-order valence-corrected chi connectivity index (χ2v) is 5.52. The third kappa shape index (κ3) is 1.59. The van der Waals surface area contributed by atoms with Gasteiger partial charge in [-0.1, -0.05) is 12.1 Å². The van der Waals surface area contributed by atoms with Gasteiger partial charge in [-0.2, -0.15) is 0 Å². The minimum atomic E-state index is -1.20. The summed E-state index contributed by atoms with van der Waals surface area (Å²) < 4.78 is 27.7. The number of fused-ring (bicyclic) bond motifs is 2. The Bertz CT molecular complexity index is 491. The van der Waals surface area contributed by atoms with Crippen LogP contribution in [0.2, 0.25) is 0 Å². The van der Waals surface area contributed by atoms with Gasteiger partial charge in [0.1, 0.15) is 0 Å². The first-order valence-corrected chi connectivity index (χ1v) is 6.42. The van der Waals surface area contributed by atoms with Crippen molar-refractivity contribution >= 4 is 0 Å². The Morgan fingerprint density at radius 1 is 1.28 bits per heavy atom. The van der Waals surface area contributed by atoms with E-state index in [0.717, 1.165) is 26.1 Å². The van der Waals surface area contributed by atoms with Gasteiger partial charge in [0.2, 0.25) is 0 Å². The Labute approximate surface area is 105 Å². The van der Waals surface area contributed by atoms with E-state index in [0.29, 0.717) is 6.42 Å². The highest BCUT2D eigenvalue weighted by molar-refractivity contribution is 5.31. The molecule has 98 valence electrons. The molecule has 2 bridgehead atoms. The molecule has 1 N–H and O–H groups in total. The Hall–Kier alpha value is -1.00. The quantitative estimate of drug-likeness (QED) is 0.829. The molecule has 2 fully saturated rings. The lowest BCUT2D eigenvalue weighted by molar-refractivity contribution is -0.0532. The van der Waals surface area contributed by atoms with E-state index in [9.17, 15) is 13.9 Å². The second-order valence-electron chi connectivity index (χ2n) is 5.52. The van der Waals surface area contributed by atoms with E-state index in [1.165, 1.54) is 6.92 Å². The van der Waals surface area contributed by atoms with Crippen LogP contribution in [0.5, 0.6) is 0 Å². The number of piperidine rings is 1. The van der Waals surface area contributed by atoms with Gasteiger partial charge in [-0.25, -0.2) is 8.78 Å². The van der Waals surface area contributed by atoms with Crippen LogP contribution >= 0.6 is 0 Å². The van der Waals surface area contributed by atoms with Gasteiger partial charge in [-0.3, -0.25) is 0 Å². The number of hydrogen-bond donors (Lipinski definition) is 1. The Morgan fingerprint density at radius 2 is 2.06 bits per heavy atom. The summed E-state index contributed by atoms with van der Waals surface area (Å²) in [4.78, 5) is 2.27. The summed E-state index contributed by atoms with van der Waals surface area (Å²) in [5.41, 5.74) is -0.785. The van der Waals surface area contributed by atoms with Gasteiger partial charge >= 0.3 is 0 Å². The molecule has 3 unspecified atom stereocenters. The average molecular weight is 253 g/mol. The molecule has 2 saturated heterocycles. The standard InChI is InChI=1S/C14H17F2NO/c1-9-2-3-11(13(16)12(9)15)14(18)5-7-17-6-4-10(14)8-17/h2-3,10,18H,4-8H2,1H3. The van der Waals surface area contributed by atoms with Crippen molar-refractivity contribution < 1.29 is 13.9 Å². The first kappa shape index (κ1) is 12.1. The van der Waals surface area contributed by atoms with Crippen LogP contribution < -0.4 is 0 Å². The molecule has 0 spiro atoms. The van der Waals surface area contributed by atoms with E-state index in [2.05, 4.69) is 4.90 Å². The van der Waals surface area contributed by atoms with Crippen molar-refractivity contribution in [2.75, 3.05) is 19.6 Å². The summed E-state index contributed by atoms with van der Waals surface area (Å²) in [6.07, 6.45) is 1.34. The minimum absolute atomic E-state index is 0.0165. The maximum Gasteiger partial charge on any atom is 0.165 e. The Kier molecular flexibility index (Phi) is 2.68. The largest absolute Gasteiger partial charge is 0.385 e. The van der Waals surface area contributed by atoms with Gasteiger partial charge in [0.15, 0.2) is 11.6 Å². The molecule has 0 amide bonds. The van der Waals surface area contributed by atoms with Crippen molar-refractivity contribution in [1.29, 1.82) is 0 Å². The number of aryl methyl sites for hydroxylation is 1. The molecule has 1 aromatic rings. The molecule has 2 aliphatic rings. The predicted molar refractivity (Wildman–Crippen MR) is 64.2 cm³/mol. The lowest BCUT2D eigenvalue weighted by Crippen LogP contribution is -2.44. The van der Waals surface area contributed by atoms with Crippen molar-refractivity contribution in [2.24, 2.45) is 5.92 Å². The van der Waals surface area contributed by atoms with Crippen LogP contribution in [-0.4, -0.2) is 29.6 Å². The van der Waals surface area contributed by atoms with Crippen LogP contribution in [0.3, 0.4) is 0 Å². The van der Waals surface area contributed by atoms with E-state index < -0.39 is 17.2 Å². The van der Waals surface area contributed by atoms with Gasteiger partial charge in [-0.15, -0.1) is 0 Å². The average Bonchev–Trinajstić information content (AvgIpc) is 2.77. The lowest BCUT2D eigenvalue weighted by atomic mass is 9.76. The van der Waals surface area contributed by atoms with Crippen LogP contribution in [0.4, 0.5) is 8.78 Å². The van der Waals surface area contributed by atoms with Crippen LogP contribution in [-0.2, 0) is 5.60 Å². The molecule has 2 nitrogen and oxygen atoms in total. The van der Waals surface area contributed by atoms with Crippen LogP contribution in [0.15, 0.2) is 12.1 Å². The molecule has 2 heterocycles. The highest BCUT2D eigenvalue weighted by atomic mass is 19.2. The smallest absolute Gasteiger partial charge is 0.165 e. The van der Waals surface area contributed by atoms with Crippen LogP contribution in [0.1, 0.15) is 24.0 Å². The first-order chi connectivity index (χ1) is 8.52. The van der Waals surface area contributed by atoms with Gasteiger partial charge in [0, 0.05) is 24.6 Å². The molecular weight excluding hydrogens is 236 g/mol. The van der Waals surface area contributed by atoms with Crippen LogP contribution in [0, 0.1) is 24.5 Å². The molecule has 18 heavy (non-hydrogen) atoms. The highest BCUT2D eigenvalue weighted by Crippen LogP contribution is 2.43. The van der Waals surface area contributed by atoms with Crippen molar-refractivity contribution in [3.63, 3.8) is 0 Å². The zero-order chi connectivity index (χ0) is 12.9. The minimum Gasteiger partial charge on any atom is -0.385 e. The number of hydrogen-bond acceptors (Lipinski definition) is 2. The van der Waals surface area contributed by atoms with E-state index in [4.69, 9.17) is 0 Å². The number of rotatable bonds is 1. The van der Waals surface area contributed by atoms with E-state index in [1.807, 2.05) is 0 Å². The third-order valence-electron chi connectivity index (χ3n) is 4.50. The van der Waals surface area contributed by atoms with E-state index in [-0.39, 0.29) is 17.0 Å². The van der Waals surface area contributed by atoms with Gasteiger partial charge in [-0.05, 0) is 31.9 Å². The van der Waals surface area contributed by atoms with E-state index >= 15 is 0 Å². The fraction of sp³-hybridized carbons (Fsp3) is 0.571. The molecule has 2 aliphatic heterocycles. The van der Waals surface area contributed by atoms with Crippen molar-refractivity contribution in [3.8, 4) is 0 Å². The normalized spacial score (nSPS) is 34.9. The van der Waals surface area contributed by atoms with Gasteiger partial charge in [0.05, 0.1) is 5.60 Å². The molecular formula is C14H17F2NO. The zero-order valence-corrected chi connectivity index (χ0v) is 10.4. The summed E-state index contributed by atoms with van der Waals surface area (Å²) in [6, 6.07) is 3.09. The summed E-state index contributed by atoms with van der Waals surface area (Å²) >= 11 is 0. The summed E-state index contributed by atoms with van der Waals surface area (Å²) in [6.45, 7) is 4.01. The molecule has 3 rings (SSSR count). The summed E-state index contributed by atoms with van der Waals surface area (Å²) in [5.74, 6) is -1.69. The molecule has 0 radical (unpaired) electrons. The highest BCUT2D eigenvalue weighted by Gasteiger charge is 2.47. The summed E-state index contributed by atoms with van der Waals surface area (Å²) in [5, 5.41) is 10.8. The van der Waals surface area contributed by atoms with Gasteiger partial charge < -0.3 is 10.0 Å². The fourth-order valence-electron chi connectivity index (χ4n) is 3.29. The fourth-order valence-corrected chi connectivity index (χ4v) is 3.29. The Morgan fingerprint density at radius 3 is 2.83 bits per heavy atom. The molecule has 3 atom stereocenters. The number of aliphatic hydroxyl groups is 1. The molecule has 0 saturated carbocycles. The maximum atomic E-state index is 14.1. The SMILES string of the molecule is Cc1ccc(C2(O)CCN3CCC2C3)c(F)c1F. The topological polar surface area (TPSA) is 23.5 Å². The first-order valence-electron chi connectivity index (χ1n) is 6.42. The van der Waals surface area contributed by atoms with Crippen molar-refractivity contribution in [1.82, 2.24) is 4.90 Å². The van der Waals surface area contributed by atoms with Crippen molar-refractivity contribution in [3.05, 3.63) is 34.9 Å². The number of benzene rings is 1. The lowest BCUT2D eigenvalue weighted by Gasteiger charge is -2.39. The van der Waals surface area contributed by atoms with Gasteiger partial charge in [0.25, 0.3) is 0 Å². The monoisotopic (exact) mass is 253 g/mol. The Balaban J connectivity index is 2.06. The third-order valence-corrected chi connectivity index (χ3v) is 4.50. The molecule has 0 aromatic heterocycles. The second kappa shape index (κ2) is 4.00. The number of halogens is 2. The predicted octanol–water partition coefficient (Wildman–Crippen LogP) is 2.19. The zero-order valence-electron chi connectivity index (χ0n) is 10.4. The van der Waals surface area contributed by atoms with Crippen molar-refractivity contribution in [2.45, 2.75) is 25.4 Å². The molecule has 0 aliphatic carbocycles. The summed E-state index contributed by atoms with van der Waals surface area (Å²) in [7, 11) is 0. The molecule has 4 heteroatoms.